The van der Waals surface area contributed by atoms with Gasteiger partial charge in [-0.1, -0.05) is 13.8 Å². The highest BCUT2D eigenvalue weighted by molar-refractivity contribution is 7.80. The number of aliphatic hydroxyl groups is 1. The molecular weight excluding hydrogens is 877 g/mol. The molecule has 0 saturated carbocycles. The van der Waals surface area contributed by atoms with Crippen LogP contribution in [0.25, 0.3) is 0 Å². The van der Waals surface area contributed by atoms with Gasteiger partial charge in [0.05, 0.1) is 19.0 Å². The van der Waals surface area contributed by atoms with Gasteiger partial charge in [-0.3, -0.25) is 38.6 Å². The fourth-order valence-electron chi connectivity index (χ4n) is 6.66. The number of aliphatic hydroxyl groups excluding tert-OH is 1. The topological polar surface area (TPSA) is 398 Å². The molecule has 7 amide bonds. The summed E-state index contributed by atoms with van der Waals surface area (Å²) in [6.07, 6.45) is 4.40. The Balaban J connectivity index is 2.35. The maximum atomic E-state index is 14.1. The van der Waals surface area contributed by atoms with Gasteiger partial charge in [0.1, 0.15) is 42.3 Å². The van der Waals surface area contributed by atoms with Crippen molar-refractivity contribution in [3.8, 4) is 0 Å². The number of carboxylic acid groups (broad SMARTS) is 1. The number of carboxylic acids is 1. The summed E-state index contributed by atoms with van der Waals surface area (Å²) >= 11 is 8.02. The van der Waals surface area contributed by atoms with E-state index in [1.807, 2.05) is 13.8 Å². The largest absolute Gasteiger partial charge is 0.480 e. The number of rotatable bonds is 29. The van der Waals surface area contributed by atoms with E-state index in [2.05, 4.69) is 72.1 Å². The second-order valence-corrected chi connectivity index (χ2v) is 16.4. The number of nitrogens with one attached hydrogen (secondary N) is 7. The Morgan fingerprint density at radius 1 is 0.828 bits per heavy atom. The molecule has 8 atom stereocenters. The Bertz CT molecular complexity index is 1740. The molecule has 17 N–H and O–H groups in total. The van der Waals surface area contributed by atoms with E-state index < -0.39 is 102 Å². The van der Waals surface area contributed by atoms with Crippen LogP contribution in [-0.4, -0.2) is 164 Å². The first kappa shape index (κ1) is 55.0. The van der Waals surface area contributed by atoms with Crippen LogP contribution in [0.3, 0.4) is 0 Å². The van der Waals surface area contributed by atoms with Gasteiger partial charge in [0.2, 0.25) is 41.4 Å². The molecular formula is C38H66N14O10S2. The Hall–Kier alpha value is -5.18. The highest BCUT2D eigenvalue weighted by Crippen LogP contribution is 2.20. The summed E-state index contributed by atoms with van der Waals surface area (Å²) in [7, 11) is 0. The Morgan fingerprint density at radius 3 is 1.97 bits per heavy atom. The van der Waals surface area contributed by atoms with Gasteiger partial charge in [-0.05, 0) is 63.8 Å². The SMILES string of the molecule is CC(C)C[C@H](NC(=O)[C@@H](N)CS)C(=O)N[C@@H](CO)C(=O)N1CCC[C@H]1C(=O)N[C@@H](CCCN=C(N)N)C(=O)N[C@@H](CCCCN)C(=O)N[C@@H](Cc1cnc[nH]1)C(=O)N[C@@H](CS)C(=O)O. The van der Waals surface area contributed by atoms with Crippen molar-refractivity contribution in [2.45, 2.75) is 120 Å². The quantitative estimate of drug-likeness (QED) is 0.0155. The van der Waals surface area contributed by atoms with Crippen LogP contribution in [0.1, 0.15) is 70.9 Å². The lowest BCUT2D eigenvalue weighted by Crippen LogP contribution is -2.60. The average molecular weight is 943 g/mol. The monoisotopic (exact) mass is 942 g/mol. The molecule has 360 valence electrons. The number of hydrogen-bond acceptors (Lipinski definition) is 15. The first-order valence-electron chi connectivity index (χ1n) is 21.0. The van der Waals surface area contributed by atoms with Gasteiger partial charge in [0.25, 0.3) is 0 Å². The van der Waals surface area contributed by atoms with Crippen LogP contribution in [0, 0.1) is 5.92 Å². The predicted octanol–water partition coefficient (Wildman–Crippen LogP) is -4.66. The molecule has 1 aliphatic rings. The van der Waals surface area contributed by atoms with Crippen molar-refractivity contribution in [3.63, 3.8) is 0 Å². The van der Waals surface area contributed by atoms with E-state index in [1.165, 1.54) is 17.4 Å². The fourth-order valence-corrected chi connectivity index (χ4v) is 7.07. The third-order valence-electron chi connectivity index (χ3n) is 10.1. The molecule has 26 heteroatoms. The maximum Gasteiger partial charge on any atom is 0.327 e. The first-order valence-corrected chi connectivity index (χ1v) is 22.3. The lowest BCUT2D eigenvalue weighted by Gasteiger charge is -2.30. The number of carbonyl (C=O) groups is 8. The van der Waals surface area contributed by atoms with Crippen molar-refractivity contribution >= 4 is 78.5 Å². The second-order valence-electron chi connectivity index (χ2n) is 15.7. The van der Waals surface area contributed by atoms with Crippen molar-refractivity contribution in [3.05, 3.63) is 18.2 Å². The zero-order valence-electron chi connectivity index (χ0n) is 36.2. The summed E-state index contributed by atoms with van der Waals surface area (Å²) in [6, 6.07) is -10.0. The highest BCUT2D eigenvalue weighted by atomic mass is 32.1. The molecule has 2 heterocycles. The Morgan fingerprint density at radius 2 is 1.41 bits per heavy atom. The number of guanidine groups is 1. The van der Waals surface area contributed by atoms with E-state index >= 15 is 0 Å². The highest BCUT2D eigenvalue weighted by Gasteiger charge is 2.40. The predicted molar refractivity (Wildman–Crippen MR) is 241 cm³/mol. The summed E-state index contributed by atoms with van der Waals surface area (Å²) < 4.78 is 0. The average Bonchev–Trinajstić information content (AvgIpc) is 3.97. The molecule has 0 spiro atoms. The molecule has 1 saturated heterocycles. The summed E-state index contributed by atoms with van der Waals surface area (Å²) in [5.41, 5.74) is 22.9. The van der Waals surface area contributed by atoms with Crippen LogP contribution >= 0.6 is 25.3 Å². The summed E-state index contributed by atoms with van der Waals surface area (Å²) in [5.74, 6) is -7.16. The normalized spacial score (nSPS) is 16.8. The second kappa shape index (κ2) is 28.6. The summed E-state index contributed by atoms with van der Waals surface area (Å²) in [5, 5.41) is 35.1. The number of aromatic nitrogens is 2. The number of imidazole rings is 1. The van der Waals surface area contributed by atoms with Crippen molar-refractivity contribution in [2.24, 2.45) is 33.8 Å². The summed E-state index contributed by atoms with van der Waals surface area (Å²) in [6.45, 7) is 3.23. The molecule has 0 unspecified atom stereocenters. The number of H-pyrrole nitrogens is 1. The maximum absolute atomic E-state index is 14.1. The van der Waals surface area contributed by atoms with Crippen molar-refractivity contribution < 1.29 is 48.6 Å². The fraction of sp³-hybridized carbons (Fsp3) is 0.684. The van der Waals surface area contributed by atoms with Gasteiger partial charge in [-0.2, -0.15) is 25.3 Å². The van der Waals surface area contributed by atoms with E-state index in [0.29, 0.717) is 25.0 Å². The smallest absolute Gasteiger partial charge is 0.327 e. The van der Waals surface area contributed by atoms with E-state index in [9.17, 15) is 48.6 Å². The van der Waals surface area contributed by atoms with Gasteiger partial charge in [0.15, 0.2) is 5.96 Å². The van der Waals surface area contributed by atoms with Crippen molar-refractivity contribution in [1.82, 2.24) is 46.8 Å². The standard InChI is InChI=1S/C38H66N14O10S2/c1-20(2)13-25(48-30(54)22(40)17-63)33(57)50-27(16-53)36(60)52-12-6-9-29(52)35(59)47-24(8-5-11-44-38(41)42)31(55)46-23(7-3-4-10-39)32(56)49-26(14-21-15-43-19-45-21)34(58)51-28(18-64)37(61)62/h15,19-20,22-29,53,63-64H,3-14,16-18,39-40H2,1-2H3,(H,43,45)(H,46,55)(H,47,59)(H,48,54)(H,49,56)(H,50,57)(H,51,58)(H,61,62)(H4,41,42,44)/t22-,23-,24-,25-,26-,27-,28-,29-/m0/s1. The number of unbranched alkanes of at least 4 members (excludes halogenated alkanes) is 1. The van der Waals surface area contributed by atoms with Gasteiger partial charge in [-0.25, -0.2) is 9.78 Å². The minimum atomic E-state index is -1.50. The number of nitrogens with two attached hydrogens (primary N) is 4. The number of aliphatic imine (C=N–C) groups is 1. The van der Waals surface area contributed by atoms with Crippen LogP contribution in [-0.2, 0) is 44.8 Å². The lowest BCUT2D eigenvalue weighted by molar-refractivity contribution is -0.143. The van der Waals surface area contributed by atoms with Gasteiger partial charge in [0, 0.05) is 42.9 Å². The van der Waals surface area contributed by atoms with E-state index in [1.54, 1.807) is 0 Å². The van der Waals surface area contributed by atoms with Crippen LogP contribution in [0.5, 0.6) is 0 Å². The summed E-state index contributed by atoms with van der Waals surface area (Å²) in [4.78, 5) is 119. The third kappa shape index (κ3) is 18.5. The van der Waals surface area contributed by atoms with Gasteiger partial charge >= 0.3 is 5.97 Å². The molecule has 64 heavy (non-hydrogen) atoms. The number of thiol groups is 2. The first-order chi connectivity index (χ1) is 30.4. The van der Waals surface area contributed by atoms with Gasteiger partial charge in [-0.15, -0.1) is 0 Å². The molecule has 1 aromatic heterocycles. The minimum absolute atomic E-state index is 0.0183. The number of carbonyl (C=O) groups excluding carboxylic acids is 7. The number of amides is 7. The molecule has 1 aromatic rings. The lowest BCUT2D eigenvalue weighted by atomic mass is 10.0. The molecule has 0 aromatic carbocycles. The van der Waals surface area contributed by atoms with Crippen molar-refractivity contribution in [1.29, 1.82) is 0 Å². The number of likely N-dealkylation sites (tertiary alicyclic amines) is 1. The molecule has 24 nitrogen and oxygen atoms in total. The number of aromatic amines is 1. The number of nitrogens with zero attached hydrogens (tertiary/aromatic N) is 3. The van der Waals surface area contributed by atoms with E-state index in [-0.39, 0.29) is 81.5 Å². The molecule has 0 aliphatic carbocycles. The zero-order chi connectivity index (χ0) is 47.9. The molecule has 2 rings (SSSR count). The molecule has 1 fully saturated rings. The molecule has 0 radical (unpaired) electrons. The van der Waals surface area contributed by atoms with Crippen LogP contribution in [0.2, 0.25) is 0 Å². The van der Waals surface area contributed by atoms with Crippen LogP contribution in [0.4, 0.5) is 0 Å². The van der Waals surface area contributed by atoms with E-state index in [4.69, 9.17) is 22.9 Å². The van der Waals surface area contributed by atoms with E-state index in [0.717, 1.165) is 0 Å². The third-order valence-corrected chi connectivity index (χ3v) is 10.8. The number of aliphatic carboxylic acids is 1. The Labute approximate surface area is 382 Å². The minimum Gasteiger partial charge on any atom is -0.480 e. The molecule has 1 aliphatic heterocycles. The van der Waals surface area contributed by atoms with Crippen molar-refractivity contribution in [2.75, 3.05) is 37.7 Å². The van der Waals surface area contributed by atoms with Gasteiger partial charge < -0.3 is 74.9 Å². The Kier molecular flexibility index (Phi) is 24.5. The van der Waals surface area contributed by atoms with Crippen LogP contribution < -0.4 is 54.8 Å². The number of hydrogen-bond donors (Lipinski definition) is 15. The zero-order valence-corrected chi connectivity index (χ0v) is 38.0. The van der Waals surface area contributed by atoms with Crippen LogP contribution in [0.15, 0.2) is 17.5 Å². The molecule has 0 bridgehead atoms.